The van der Waals surface area contributed by atoms with Gasteiger partial charge in [0.15, 0.2) is 5.65 Å². The van der Waals surface area contributed by atoms with E-state index in [9.17, 15) is 0 Å². The molecule has 0 aliphatic heterocycles. The first-order valence-electron chi connectivity index (χ1n) is 8.76. The summed E-state index contributed by atoms with van der Waals surface area (Å²) in [4.78, 5) is 9.37. The first-order valence-corrected chi connectivity index (χ1v) is 8.76. The highest BCUT2D eigenvalue weighted by atomic mass is 15.3. The fraction of sp³-hybridized carbons (Fsp3) is 0.200. The summed E-state index contributed by atoms with van der Waals surface area (Å²) in [7, 11) is 0. The monoisotopic (exact) mass is 344 g/mol. The summed E-state index contributed by atoms with van der Waals surface area (Å²) in [5, 5.41) is 8.37. The number of pyridine rings is 1. The molecule has 1 aromatic carbocycles. The predicted molar refractivity (Wildman–Crippen MR) is 103 cm³/mol. The summed E-state index contributed by atoms with van der Waals surface area (Å²) in [6, 6.07) is 14.2. The molecule has 0 aliphatic carbocycles. The Hall–Kier alpha value is -3.28. The largest absolute Gasteiger partial charge is 0.369 e. The molecule has 0 aliphatic rings. The van der Waals surface area contributed by atoms with Gasteiger partial charge in [0.2, 0.25) is 5.95 Å². The van der Waals surface area contributed by atoms with Crippen LogP contribution >= 0.6 is 0 Å². The number of nitrogens with zero attached hydrogens (tertiary/aromatic N) is 5. The third-order valence-corrected chi connectivity index (χ3v) is 4.47. The number of aromatic nitrogens is 5. The van der Waals surface area contributed by atoms with E-state index < -0.39 is 0 Å². The van der Waals surface area contributed by atoms with Gasteiger partial charge >= 0.3 is 0 Å². The molecule has 4 aromatic rings. The molecule has 130 valence electrons. The van der Waals surface area contributed by atoms with Crippen LogP contribution in [0.15, 0.2) is 48.8 Å². The fourth-order valence-electron chi connectivity index (χ4n) is 3.13. The Labute approximate surface area is 151 Å². The van der Waals surface area contributed by atoms with Gasteiger partial charge in [-0.2, -0.15) is 0 Å². The van der Waals surface area contributed by atoms with Crippen molar-refractivity contribution < 1.29 is 0 Å². The van der Waals surface area contributed by atoms with Crippen molar-refractivity contribution in [3.05, 3.63) is 60.2 Å². The lowest BCUT2D eigenvalue weighted by atomic mass is 9.98. The van der Waals surface area contributed by atoms with Crippen molar-refractivity contribution in [2.75, 3.05) is 5.73 Å². The molecule has 4 rings (SSSR count). The van der Waals surface area contributed by atoms with Crippen LogP contribution in [0.3, 0.4) is 0 Å². The third-order valence-electron chi connectivity index (χ3n) is 4.47. The van der Waals surface area contributed by atoms with Crippen LogP contribution in [0.1, 0.15) is 25.2 Å². The van der Waals surface area contributed by atoms with E-state index >= 15 is 0 Å². The number of anilines is 1. The average Bonchev–Trinajstić information content (AvgIpc) is 3.18. The van der Waals surface area contributed by atoms with Crippen LogP contribution in [0.4, 0.5) is 5.95 Å². The summed E-state index contributed by atoms with van der Waals surface area (Å²) in [5.41, 5.74) is 12.7. The first-order chi connectivity index (χ1) is 12.7. The lowest BCUT2D eigenvalue weighted by Crippen LogP contribution is -2.05. The molecular formula is C20H20N6. The highest BCUT2D eigenvalue weighted by Crippen LogP contribution is 2.35. The van der Waals surface area contributed by atoms with Gasteiger partial charge in [-0.25, -0.2) is 4.98 Å². The van der Waals surface area contributed by atoms with Crippen LogP contribution in [0.25, 0.3) is 28.0 Å². The zero-order chi connectivity index (χ0) is 18.1. The molecule has 2 N–H and O–H groups in total. The lowest BCUT2D eigenvalue weighted by molar-refractivity contribution is 0.956. The smallest absolute Gasteiger partial charge is 0.207 e. The van der Waals surface area contributed by atoms with Crippen molar-refractivity contribution in [2.24, 2.45) is 0 Å². The maximum atomic E-state index is 6.16. The van der Waals surface area contributed by atoms with E-state index in [4.69, 9.17) is 10.7 Å². The maximum Gasteiger partial charge on any atom is 0.207 e. The summed E-state index contributed by atoms with van der Waals surface area (Å²) in [6.45, 7) is 4.22. The summed E-state index contributed by atoms with van der Waals surface area (Å²) in [5.74, 6) is 0.369. The van der Waals surface area contributed by atoms with Gasteiger partial charge < -0.3 is 5.73 Å². The number of benzene rings is 1. The average molecular weight is 344 g/mol. The Balaban J connectivity index is 2.08. The fourth-order valence-corrected chi connectivity index (χ4v) is 3.13. The summed E-state index contributed by atoms with van der Waals surface area (Å²) in [6.07, 6.45) is 3.33. The zero-order valence-electron chi connectivity index (χ0n) is 14.8. The van der Waals surface area contributed by atoms with E-state index in [1.54, 1.807) is 10.7 Å². The maximum absolute atomic E-state index is 6.16. The van der Waals surface area contributed by atoms with Crippen molar-refractivity contribution >= 4 is 11.6 Å². The zero-order valence-corrected chi connectivity index (χ0v) is 14.8. The number of hydrogen-bond donors (Lipinski definition) is 1. The van der Waals surface area contributed by atoms with E-state index in [1.165, 1.54) is 0 Å². The van der Waals surface area contributed by atoms with E-state index in [0.29, 0.717) is 11.6 Å². The van der Waals surface area contributed by atoms with Crippen molar-refractivity contribution in [3.63, 3.8) is 0 Å². The molecule has 0 radical (unpaired) electrons. The van der Waals surface area contributed by atoms with E-state index in [1.807, 2.05) is 30.3 Å². The van der Waals surface area contributed by atoms with Gasteiger partial charge in [-0.15, -0.1) is 10.2 Å². The van der Waals surface area contributed by atoms with Gasteiger partial charge in [0.1, 0.15) is 6.33 Å². The molecule has 0 bridgehead atoms. The summed E-state index contributed by atoms with van der Waals surface area (Å²) >= 11 is 0. The lowest BCUT2D eigenvalue weighted by Gasteiger charge is -2.14. The number of nitrogens with two attached hydrogens (primary N) is 1. The second kappa shape index (κ2) is 6.55. The van der Waals surface area contributed by atoms with Crippen LogP contribution in [-0.4, -0.2) is 24.6 Å². The molecular weight excluding hydrogens is 324 g/mol. The molecule has 3 heterocycles. The standard InChI is InChI=1S/C20H20N6/c1-3-15-10-14(11-16(4-2)23-15)17-18(13-8-6-5-7-9-13)24-20(21)26-12-22-25-19(17)26/h5-12H,3-4H2,1-2H3,(H2,21,24). The Morgan fingerprint density at radius 2 is 1.62 bits per heavy atom. The molecule has 3 aromatic heterocycles. The van der Waals surface area contributed by atoms with E-state index in [-0.39, 0.29) is 0 Å². The SMILES string of the molecule is CCc1cc(-c2c(-c3ccccc3)nc(N)n3cnnc23)cc(CC)n1. The van der Waals surface area contributed by atoms with E-state index in [0.717, 1.165) is 46.6 Å². The minimum absolute atomic E-state index is 0.369. The van der Waals surface area contributed by atoms with Crippen LogP contribution in [0.5, 0.6) is 0 Å². The number of fused-ring (bicyclic) bond motifs is 1. The van der Waals surface area contributed by atoms with Crippen LogP contribution < -0.4 is 5.73 Å². The van der Waals surface area contributed by atoms with Gasteiger partial charge in [0.05, 0.1) is 11.3 Å². The van der Waals surface area contributed by atoms with Gasteiger partial charge in [-0.1, -0.05) is 44.2 Å². The van der Waals surface area contributed by atoms with Gasteiger partial charge in [-0.3, -0.25) is 9.38 Å². The number of hydrogen-bond acceptors (Lipinski definition) is 5. The predicted octanol–water partition coefficient (Wildman–Crippen LogP) is 3.56. The summed E-state index contributed by atoms with van der Waals surface area (Å²) < 4.78 is 1.72. The second-order valence-electron chi connectivity index (χ2n) is 6.13. The molecule has 6 nitrogen and oxygen atoms in total. The first kappa shape index (κ1) is 16.2. The van der Waals surface area contributed by atoms with Crippen molar-refractivity contribution in [3.8, 4) is 22.4 Å². The molecule has 0 amide bonds. The van der Waals surface area contributed by atoms with Gasteiger partial charge in [0.25, 0.3) is 0 Å². The highest BCUT2D eigenvalue weighted by Gasteiger charge is 2.18. The molecule has 0 saturated carbocycles. The molecule has 0 fully saturated rings. The third kappa shape index (κ3) is 2.69. The molecule has 6 heteroatoms. The van der Waals surface area contributed by atoms with Crippen LogP contribution in [0.2, 0.25) is 0 Å². The highest BCUT2D eigenvalue weighted by molar-refractivity contribution is 5.90. The number of rotatable bonds is 4. The normalized spacial score (nSPS) is 11.2. The van der Waals surface area contributed by atoms with Gasteiger partial charge in [-0.05, 0) is 30.5 Å². The van der Waals surface area contributed by atoms with E-state index in [2.05, 4.69) is 41.2 Å². The Morgan fingerprint density at radius 3 is 2.27 bits per heavy atom. The minimum Gasteiger partial charge on any atom is -0.369 e. The molecule has 26 heavy (non-hydrogen) atoms. The number of aryl methyl sites for hydroxylation is 2. The number of nitrogen functional groups attached to an aromatic ring is 1. The molecule has 0 unspecified atom stereocenters. The van der Waals surface area contributed by atoms with Crippen LogP contribution in [0, 0.1) is 0 Å². The van der Waals surface area contributed by atoms with Crippen molar-refractivity contribution in [1.82, 2.24) is 24.6 Å². The quantitative estimate of drug-likeness (QED) is 0.612. The Kier molecular flexibility index (Phi) is 4.08. The topological polar surface area (TPSA) is 82.0 Å². The van der Waals surface area contributed by atoms with Crippen molar-refractivity contribution in [2.45, 2.75) is 26.7 Å². The molecule has 0 saturated heterocycles. The van der Waals surface area contributed by atoms with Crippen LogP contribution in [-0.2, 0) is 12.8 Å². The molecule has 0 spiro atoms. The van der Waals surface area contributed by atoms with Crippen molar-refractivity contribution in [1.29, 1.82) is 0 Å². The van der Waals surface area contributed by atoms with Gasteiger partial charge in [0, 0.05) is 17.0 Å². The minimum atomic E-state index is 0.369. The second-order valence-corrected chi connectivity index (χ2v) is 6.13. The Bertz CT molecular complexity index is 1050. The Morgan fingerprint density at radius 1 is 0.923 bits per heavy atom. The molecule has 0 atom stereocenters.